The van der Waals surface area contributed by atoms with Crippen LogP contribution in [-0.4, -0.2) is 21.1 Å². The fraction of sp³-hybridized carbons (Fsp3) is 0. The number of anilines is 1. The van der Waals surface area contributed by atoms with E-state index in [1.165, 1.54) is 18.2 Å². The molecule has 6 nitrogen and oxygen atoms in total. The Morgan fingerprint density at radius 2 is 2.12 bits per heavy atom. The van der Waals surface area contributed by atoms with Crippen molar-refractivity contribution in [3.63, 3.8) is 0 Å². The van der Waals surface area contributed by atoms with Gasteiger partial charge in [-0.2, -0.15) is 5.10 Å². The molecule has 0 atom stereocenters. The third kappa shape index (κ3) is 2.71. The number of rotatable bonds is 2. The molecule has 2 aromatic heterocycles. The Kier molecular flexibility index (Phi) is 2.91. The highest BCUT2D eigenvalue weighted by Crippen LogP contribution is 2.02. The Balaban J connectivity index is 2.14. The van der Waals surface area contributed by atoms with Crippen LogP contribution in [0.5, 0.6) is 0 Å². The van der Waals surface area contributed by atoms with E-state index in [2.05, 4.69) is 20.5 Å². The predicted molar refractivity (Wildman–Crippen MR) is 57.0 cm³/mol. The van der Waals surface area contributed by atoms with Crippen LogP contribution in [0.2, 0.25) is 0 Å². The maximum absolute atomic E-state index is 12.6. The van der Waals surface area contributed by atoms with Crippen molar-refractivity contribution in [3.8, 4) is 0 Å². The Morgan fingerprint density at radius 1 is 1.29 bits per heavy atom. The first-order chi connectivity index (χ1) is 8.15. The second kappa shape index (κ2) is 4.52. The molecular weight excluding hydrogens is 227 g/mol. The van der Waals surface area contributed by atoms with Crippen LogP contribution in [0.4, 0.5) is 10.2 Å². The minimum atomic E-state index is -0.537. The smallest absolute Gasteiger partial charge is 0.275 e. The summed E-state index contributed by atoms with van der Waals surface area (Å²) in [7, 11) is 0. The van der Waals surface area contributed by atoms with E-state index in [4.69, 9.17) is 0 Å². The van der Waals surface area contributed by atoms with Gasteiger partial charge in [0.15, 0.2) is 5.82 Å². The monoisotopic (exact) mass is 234 g/mol. The summed E-state index contributed by atoms with van der Waals surface area (Å²) in [6, 6.07) is 4.94. The Morgan fingerprint density at radius 3 is 2.71 bits per heavy atom. The van der Waals surface area contributed by atoms with Gasteiger partial charge in [0.25, 0.3) is 11.5 Å². The van der Waals surface area contributed by atoms with Gasteiger partial charge in [-0.05, 0) is 18.2 Å². The quantitative estimate of drug-likeness (QED) is 0.794. The van der Waals surface area contributed by atoms with Gasteiger partial charge in [0.1, 0.15) is 11.5 Å². The average molecular weight is 234 g/mol. The highest BCUT2D eigenvalue weighted by Gasteiger charge is 2.08. The Hall–Kier alpha value is -2.57. The van der Waals surface area contributed by atoms with Gasteiger partial charge in [0.05, 0.1) is 6.20 Å². The zero-order valence-electron chi connectivity index (χ0n) is 8.48. The number of aromatic amines is 1. The number of hydrogen-bond acceptors (Lipinski definition) is 4. The molecule has 0 bridgehead atoms. The zero-order chi connectivity index (χ0) is 12.3. The molecule has 2 aromatic rings. The topological polar surface area (TPSA) is 87.7 Å². The molecule has 0 saturated heterocycles. The van der Waals surface area contributed by atoms with Crippen LogP contribution < -0.4 is 10.9 Å². The molecule has 0 spiro atoms. The molecule has 7 heteroatoms. The lowest BCUT2D eigenvalue weighted by atomic mass is 10.3. The largest absolute Gasteiger partial charge is 0.304 e. The summed E-state index contributed by atoms with van der Waals surface area (Å²) in [6.45, 7) is 0. The third-order valence-corrected chi connectivity index (χ3v) is 1.88. The lowest BCUT2D eigenvalue weighted by Crippen LogP contribution is -2.16. The molecule has 0 radical (unpaired) electrons. The second-order valence-electron chi connectivity index (χ2n) is 3.12. The summed E-state index contributed by atoms with van der Waals surface area (Å²) in [5.41, 5.74) is -0.317. The number of H-pyrrole nitrogens is 1. The van der Waals surface area contributed by atoms with Gasteiger partial charge in [-0.3, -0.25) is 9.59 Å². The van der Waals surface area contributed by atoms with Crippen LogP contribution in [-0.2, 0) is 0 Å². The molecule has 17 heavy (non-hydrogen) atoms. The third-order valence-electron chi connectivity index (χ3n) is 1.88. The number of pyridine rings is 1. The fourth-order valence-corrected chi connectivity index (χ4v) is 1.10. The lowest BCUT2D eigenvalue weighted by Gasteiger charge is -2.02. The van der Waals surface area contributed by atoms with Gasteiger partial charge in [-0.15, -0.1) is 0 Å². The molecule has 2 N–H and O–H groups in total. The summed E-state index contributed by atoms with van der Waals surface area (Å²) in [4.78, 5) is 25.9. The fourth-order valence-electron chi connectivity index (χ4n) is 1.10. The lowest BCUT2D eigenvalue weighted by molar-refractivity contribution is 0.102. The molecule has 0 aliphatic rings. The van der Waals surface area contributed by atoms with E-state index < -0.39 is 11.7 Å². The van der Waals surface area contributed by atoms with Crippen LogP contribution in [0.1, 0.15) is 10.5 Å². The van der Waals surface area contributed by atoms with Crippen LogP contribution in [0.3, 0.4) is 0 Å². The molecule has 2 rings (SSSR count). The van der Waals surface area contributed by atoms with Gasteiger partial charge >= 0.3 is 0 Å². The summed E-state index contributed by atoms with van der Waals surface area (Å²) < 4.78 is 12.6. The van der Waals surface area contributed by atoms with E-state index in [1.807, 2.05) is 0 Å². The van der Waals surface area contributed by atoms with Crippen LogP contribution in [0.25, 0.3) is 0 Å². The van der Waals surface area contributed by atoms with Crippen molar-refractivity contribution in [2.45, 2.75) is 0 Å². The standard InChI is InChI=1S/C10H7FN4O2/c11-6-1-2-7(12-5-6)10(17)13-8-3-4-9(16)15-14-8/h1-5H,(H,15,16)(H,13,14,17). The number of nitrogens with one attached hydrogen (secondary N) is 2. The van der Waals surface area contributed by atoms with E-state index in [0.29, 0.717) is 0 Å². The van der Waals surface area contributed by atoms with Crippen LogP contribution in [0.15, 0.2) is 35.3 Å². The maximum Gasteiger partial charge on any atom is 0.275 e. The first-order valence-electron chi connectivity index (χ1n) is 4.64. The first-order valence-corrected chi connectivity index (χ1v) is 4.64. The maximum atomic E-state index is 12.6. The van der Waals surface area contributed by atoms with Gasteiger partial charge in [-0.25, -0.2) is 14.5 Å². The number of aromatic nitrogens is 3. The molecule has 86 valence electrons. The van der Waals surface area contributed by atoms with Gasteiger partial charge in [0.2, 0.25) is 0 Å². The van der Waals surface area contributed by atoms with Crippen molar-refractivity contribution in [1.82, 2.24) is 15.2 Å². The predicted octanol–water partition coefficient (Wildman–Crippen LogP) is 0.556. The molecule has 0 aromatic carbocycles. The number of halogens is 1. The van der Waals surface area contributed by atoms with E-state index in [-0.39, 0.29) is 17.1 Å². The molecule has 2 heterocycles. The van der Waals surface area contributed by atoms with E-state index >= 15 is 0 Å². The van der Waals surface area contributed by atoms with Gasteiger partial charge in [0, 0.05) is 6.07 Å². The second-order valence-corrected chi connectivity index (χ2v) is 3.12. The SMILES string of the molecule is O=C(Nc1ccc(=O)[nH]n1)c1ccc(F)cn1. The van der Waals surface area contributed by atoms with E-state index in [1.54, 1.807) is 0 Å². The minimum Gasteiger partial charge on any atom is -0.304 e. The number of hydrogen-bond donors (Lipinski definition) is 2. The number of carbonyl (C=O) groups excluding carboxylic acids is 1. The number of amides is 1. The van der Waals surface area contributed by atoms with Gasteiger partial charge < -0.3 is 5.32 Å². The van der Waals surface area contributed by atoms with E-state index in [9.17, 15) is 14.0 Å². The van der Waals surface area contributed by atoms with E-state index in [0.717, 1.165) is 12.3 Å². The molecule has 0 aliphatic heterocycles. The number of nitrogens with zero attached hydrogens (tertiary/aromatic N) is 2. The zero-order valence-corrected chi connectivity index (χ0v) is 8.48. The molecular formula is C10H7FN4O2. The molecule has 0 saturated carbocycles. The normalized spacial score (nSPS) is 9.94. The molecule has 0 aliphatic carbocycles. The van der Waals surface area contributed by atoms with Crippen molar-refractivity contribution in [3.05, 3.63) is 52.3 Å². The van der Waals surface area contributed by atoms with Crippen LogP contribution in [0, 0.1) is 5.82 Å². The molecule has 0 unspecified atom stereocenters. The van der Waals surface area contributed by atoms with Crippen molar-refractivity contribution in [2.24, 2.45) is 0 Å². The van der Waals surface area contributed by atoms with Crippen molar-refractivity contribution < 1.29 is 9.18 Å². The highest BCUT2D eigenvalue weighted by molar-refractivity contribution is 6.02. The average Bonchev–Trinajstić information content (AvgIpc) is 2.33. The molecule has 0 fully saturated rings. The minimum absolute atomic E-state index is 0.0550. The number of carbonyl (C=O) groups is 1. The van der Waals surface area contributed by atoms with Crippen LogP contribution >= 0.6 is 0 Å². The van der Waals surface area contributed by atoms with Crippen molar-refractivity contribution in [1.29, 1.82) is 0 Å². The van der Waals surface area contributed by atoms with Gasteiger partial charge in [-0.1, -0.05) is 0 Å². The summed E-state index contributed by atoms with van der Waals surface area (Å²) in [5.74, 6) is -0.881. The Bertz CT molecular complexity index is 574. The summed E-state index contributed by atoms with van der Waals surface area (Å²) in [5, 5.41) is 8.15. The van der Waals surface area contributed by atoms with Crippen molar-refractivity contribution in [2.75, 3.05) is 5.32 Å². The Labute approximate surface area is 94.5 Å². The highest BCUT2D eigenvalue weighted by atomic mass is 19.1. The van der Waals surface area contributed by atoms with Crippen molar-refractivity contribution >= 4 is 11.7 Å². The summed E-state index contributed by atoms with van der Waals surface area (Å²) >= 11 is 0. The first kappa shape index (κ1) is 10.9. The summed E-state index contributed by atoms with van der Waals surface area (Å²) in [6.07, 6.45) is 0.940. The molecule has 1 amide bonds.